The molecule has 30 heavy (non-hydrogen) atoms. The monoisotopic (exact) mass is 438 g/mol. The van der Waals surface area contributed by atoms with Crippen molar-refractivity contribution in [3.8, 4) is 0 Å². The van der Waals surface area contributed by atoms with E-state index in [0.29, 0.717) is 6.54 Å². The number of alkyl halides is 3. The highest BCUT2D eigenvalue weighted by Crippen LogP contribution is 2.46. The number of aryl methyl sites for hydroxylation is 1. The van der Waals surface area contributed by atoms with Gasteiger partial charge in [-0.2, -0.15) is 18.3 Å². The average Bonchev–Trinajstić information content (AvgIpc) is 3.30. The maximum atomic E-state index is 13.1. The Morgan fingerprint density at radius 2 is 2.07 bits per heavy atom. The fourth-order valence-electron chi connectivity index (χ4n) is 3.23. The van der Waals surface area contributed by atoms with Crippen molar-refractivity contribution in [1.82, 2.24) is 24.5 Å². The molecule has 2 heterocycles. The highest BCUT2D eigenvalue weighted by molar-refractivity contribution is 6.32. The molecule has 1 amide bonds. The third kappa shape index (κ3) is 4.48. The number of nitrogens with one attached hydrogen (secondary N) is 1. The predicted octanol–water partition coefficient (Wildman–Crippen LogP) is 4.02. The Hall–Kier alpha value is -2.88. The molecule has 2 aromatic heterocycles. The second kappa shape index (κ2) is 7.75. The first-order chi connectivity index (χ1) is 14.2. The predicted molar refractivity (Wildman–Crippen MR) is 103 cm³/mol. The zero-order valence-corrected chi connectivity index (χ0v) is 16.7. The molecule has 1 saturated carbocycles. The van der Waals surface area contributed by atoms with Gasteiger partial charge in [0.1, 0.15) is 12.9 Å². The van der Waals surface area contributed by atoms with Gasteiger partial charge in [0.2, 0.25) is 11.9 Å². The highest BCUT2D eigenvalue weighted by atomic mass is 35.5. The number of halogens is 4. The van der Waals surface area contributed by atoms with Gasteiger partial charge in [-0.25, -0.2) is 9.67 Å². The molecule has 3 aromatic rings. The number of carbonyl (C=O) groups excluding carboxylic acids is 1. The van der Waals surface area contributed by atoms with Crippen LogP contribution >= 0.6 is 11.6 Å². The summed E-state index contributed by atoms with van der Waals surface area (Å²) in [5, 5.41) is 9.80. The minimum absolute atomic E-state index is 0.0647. The summed E-state index contributed by atoms with van der Waals surface area (Å²) >= 11 is 5.92. The van der Waals surface area contributed by atoms with Gasteiger partial charge in [-0.05, 0) is 25.3 Å². The number of nitrogens with zero attached hydrogens (tertiary/aromatic N) is 5. The summed E-state index contributed by atoms with van der Waals surface area (Å²) < 4.78 is 42.0. The molecule has 0 radical (unpaired) electrons. The van der Waals surface area contributed by atoms with Crippen LogP contribution in [0, 0.1) is 6.92 Å². The van der Waals surface area contributed by atoms with Crippen LogP contribution in [-0.2, 0) is 24.1 Å². The van der Waals surface area contributed by atoms with E-state index < -0.39 is 29.3 Å². The lowest BCUT2D eigenvalue weighted by atomic mass is 10.1. The normalized spacial score (nSPS) is 14.2. The number of rotatable bonds is 6. The van der Waals surface area contributed by atoms with Crippen LogP contribution in [0.25, 0.3) is 0 Å². The molecular weight excluding hydrogens is 421 g/mol. The van der Waals surface area contributed by atoms with Gasteiger partial charge in [0.15, 0.2) is 5.69 Å². The fourth-order valence-corrected chi connectivity index (χ4v) is 3.62. The molecule has 1 aromatic carbocycles. The molecule has 4 rings (SSSR count). The highest BCUT2D eigenvalue weighted by Gasteiger charge is 2.42. The standard InChI is InChI=1S/C19H18ClF3N6O/c1-11-3-2-4-12(7-11)8-28-10-24-18(27-28)25-14(30)9-29-16(13-5-6-13)15(20)17(26-29)19(21,22)23/h2-4,7,10,13H,5-6,8-9H2,1H3,(H,25,27,30). The number of anilines is 1. The molecule has 0 aliphatic heterocycles. The van der Waals surface area contributed by atoms with Crippen LogP contribution in [0.1, 0.15) is 41.3 Å². The van der Waals surface area contributed by atoms with E-state index in [-0.39, 0.29) is 17.6 Å². The maximum Gasteiger partial charge on any atom is 0.436 e. The second-order valence-corrected chi connectivity index (χ2v) is 7.66. The van der Waals surface area contributed by atoms with E-state index in [1.807, 2.05) is 31.2 Å². The Morgan fingerprint density at radius 3 is 2.73 bits per heavy atom. The van der Waals surface area contributed by atoms with Gasteiger partial charge in [0, 0.05) is 5.92 Å². The van der Waals surface area contributed by atoms with E-state index in [4.69, 9.17) is 11.6 Å². The summed E-state index contributed by atoms with van der Waals surface area (Å²) in [4.78, 5) is 16.4. The van der Waals surface area contributed by atoms with Crippen molar-refractivity contribution in [2.24, 2.45) is 0 Å². The van der Waals surface area contributed by atoms with Crippen molar-refractivity contribution in [3.05, 3.63) is 58.1 Å². The smallest absolute Gasteiger partial charge is 0.292 e. The maximum absolute atomic E-state index is 13.1. The first-order valence-electron chi connectivity index (χ1n) is 9.29. The number of hydrogen-bond donors (Lipinski definition) is 1. The van der Waals surface area contributed by atoms with Crippen LogP contribution in [0.2, 0.25) is 5.02 Å². The SMILES string of the molecule is Cc1cccc(Cn2cnc(NC(=O)Cn3nc(C(F)(F)F)c(Cl)c3C3CC3)n2)c1. The van der Waals surface area contributed by atoms with Crippen molar-refractivity contribution in [1.29, 1.82) is 0 Å². The molecule has 7 nitrogen and oxygen atoms in total. The van der Waals surface area contributed by atoms with Crippen LogP contribution in [0.15, 0.2) is 30.6 Å². The van der Waals surface area contributed by atoms with Crippen molar-refractivity contribution < 1.29 is 18.0 Å². The second-order valence-electron chi connectivity index (χ2n) is 7.28. The number of benzene rings is 1. The lowest BCUT2D eigenvalue weighted by Gasteiger charge is -2.06. The molecule has 1 aliphatic rings. The Kier molecular flexibility index (Phi) is 5.27. The van der Waals surface area contributed by atoms with Gasteiger partial charge in [-0.15, -0.1) is 5.10 Å². The van der Waals surface area contributed by atoms with E-state index in [0.717, 1.165) is 28.7 Å². The van der Waals surface area contributed by atoms with Crippen molar-refractivity contribution in [2.45, 2.75) is 44.9 Å². The van der Waals surface area contributed by atoms with E-state index in [2.05, 4.69) is 20.5 Å². The number of amides is 1. The summed E-state index contributed by atoms with van der Waals surface area (Å²) in [6.07, 6.45) is -1.77. The van der Waals surface area contributed by atoms with Crippen molar-refractivity contribution in [3.63, 3.8) is 0 Å². The van der Waals surface area contributed by atoms with E-state index in [9.17, 15) is 18.0 Å². The zero-order valence-electron chi connectivity index (χ0n) is 15.9. The third-order valence-corrected chi connectivity index (χ3v) is 5.04. The number of carbonyl (C=O) groups is 1. The molecule has 0 atom stereocenters. The average molecular weight is 439 g/mol. The van der Waals surface area contributed by atoms with Crippen LogP contribution in [0.5, 0.6) is 0 Å². The topological polar surface area (TPSA) is 77.6 Å². The lowest BCUT2D eigenvalue weighted by Crippen LogP contribution is -2.22. The molecule has 0 bridgehead atoms. The molecule has 1 aliphatic carbocycles. The first-order valence-corrected chi connectivity index (χ1v) is 9.66. The van der Waals surface area contributed by atoms with Crippen LogP contribution < -0.4 is 5.32 Å². The summed E-state index contributed by atoms with van der Waals surface area (Å²) in [6.45, 7) is 2.05. The van der Waals surface area contributed by atoms with Crippen LogP contribution in [-0.4, -0.2) is 30.5 Å². The van der Waals surface area contributed by atoms with Crippen molar-refractivity contribution >= 4 is 23.5 Å². The summed E-state index contributed by atoms with van der Waals surface area (Å²) in [5.41, 5.74) is 1.22. The quantitative estimate of drug-likeness (QED) is 0.630. The van der Waals surface area contributed by atoms with E-state index in [1.165, 1.54) is 6.33 Å². The molecule has 11 heteroatoms. The fraction of sp³-hybridized carbons (Fsp3) is 0.368. The molecule has 1 fully saturated rings. The molecule has 0 spiro atoms. The molecule has 158 valence electrons. The van der Waals surface area contributed by atoms with E-state index >= 15 is 0 Å². The summed E-state index contributed by atoms with van der Waals surface area (Å²) in [6, 6.07) is 7.88. The zero-order chi connectivity index (χ0) is 21.5. The number of hydrogen-bond acceptors (Lipinski definition) is 4. The van der Waals surface area contributed by atoms with Gasteiger partial charge in [-0.1, -0.05) is 41.4 Å². The molecule has 0 unspecified atom stereocenters. The minimum atomic E-state index is -4.68. The number of aromatic nitrogens is 5. The first kappa shape index (κ1) is 20.4. The van der Waals surface area contributed by atoms with Gasteiger partial charge in [-0.3, -0.25) is 14.8 Å². The summed E-state index contributed by atoms with van der Waals surface area (Å²) in [5.74, 6) is -0.631. The molecular formula is C19H18ClF3N6O. The van der Waals surface area contributed by atoms with Crippen LogP contribution in [0.4, 0.5) is 19.1 Å². The molecule has 1 N–H and O–H groups in total. The lowest BCUT2D eigenvalue weighted by molar-refractivity contribution is -0.141. The Morgan fingerprint density at radius 1 is 1.30 bits per heavy atom. The van der Waals surface area contributed by atoms with Gasteiger partial charge >= 0.3 is 6.18 Å². The van der Waals surface area contributed by atoms with Crippen molar-refractivity contribution in [2.75, 3.05) is 5.32 Å². The Balaban J connectivity index is 1.45. The third-order valence-electron chi connectivity index (χ3n) is 4.67. The Labute approximate surface area is 174 Å². The molecule has 0 saturated heterocycles. The van der Waals surface area contributed by atoms with Gasteiger partial charge < -0.3 is 0 Å². The van der Waals surface area contributed by atoms with Gasteiger partial charge in [0.05, 0.1) is 17.3 Å². The largest absolute Gasteiger partial charge is 0.436 e. The summed E-state index contributed by atoms with van der Waals surface area (Å²) in [7, 11) is 0. The van der Waals surface area contributed by atoms with Crippen LogP contribution in [0.3, 0.4) is 0 Å². The van der Waals surface area contributed by atoms with E-state index in [1.54, 1.807) is 4.68 Å². The minimum Gasteiger partial charge on any atom is -0.292 e. The van der Waals surface area contributed by atoms with Gasteiger partial charge in [0.25, 0.3) is 0 Å². The Bertz CT molecular complexity index is 1090.